The third-order valence-corrected chi connectivity index (χ3v) is 3.98. The SMILES string of the molecule is CCn1cc(O[C@@H]2COC[C@@H]2NC(=O)c2cc(CO)c(C)o2)cn1. The molecule has 1 aliphatic rings. The minimum absolute atomic E-state index is 0.164. The lowest BCUT2D eigenvalue weighted by molar-refractivity contribution is 0.0875. The highest BCUT2D eigenvalue weighted by Gasteiger charge is 2.32. The van der Waals surface area contributed by atoms with Crippen LogP contribution in [-0.2, 0) is 17.9 Å². The highest BCUT2D eigenvalue weighted by Crippen LogP contribution is 2.18. The monoisotopic (exact) mass is 335 g/mol. The van der Waals surface area contributed by atoms with E-state index >= 15 is 0 Å². The number of hydrogen-bond acceptors (Lipinski definition) is 6. The van der Waals surface area contributed by atoms with E-state index in [0.29, 0.717) is 30.3 Å². The van der Waals surface area contributed by atoms with E-state index in [2.05, 4.69) is 10.4 Å². The molecular weight excluding hydrogens is 314 g/mol. The van der Waals surface area contributed by atoms with Crippen LogP contribution in [-0.4, -0.2) is 46.2 Å². The molecule has 1 amide bonds. The number of furan rings is 1. The fourth-order valence-corrected chi connectivity index (χ4v) is 2.57. The number of hydrogen-bond donors (Lipinski definition) is 2. The number of aliphatic hydroxyl groups is 1. The summed E-state index contributed by atoms with van der Waals surface area (Å²) in [5.41, 5.74) is 0.600. The van der Waals surface area contributed by atoms with Gasteiger partial charge in [0.1, 0.15) is 11.9 Å². The highest BCUT2D eigenvalue weighted by atomic mass is 16.5. The highest BCUT2D eigenvalue weighted by molar-refractivity contribution is 5.92. The van der Waals surface area contributed by atoms with E-state index in [-0.39, 0.29) is 30.4 Å². The number of aryl methyl sites for hydroxylation is 2. The Bertz CT molecular complexity index is 708. The molecule has 0 radical (unpaired) electrons. The molecule has 3 rings (SSSR count). The van der Waals surface area contributed by atoms with Crippen molar-refractivity contribution in [1.82, 2.24) is 15.1 Å². The van der Waals surface area contributed by atoms with Crippen LogP contribution in [0.25, 0.3) is 0 Å². The van der Waals surface area contributed by atoms with Crippen LogP contribution in [0.15, 0.2) is 22.9 Å². The Morgan fingerprint density at radius 3 is 3.04 bits per heavy atom. The van der Waals surface area contributed by atoms with Crippen LogP contribution in [0.1, 0.15) is 28.8 Å². The molecule has 2 N–H and O–H groups in total. The van der Waals surface area contributed by atoms with Crippen molar-refractivity contribution in [2.24, 2.45) is 0 Å². The van der Waals surface area contributed by atoms with E-state index in [1.54, 1.807) is 30.1 Å². The number of aromatic nitrogens is 2. The van der Waals surface area contributed by atoms with Gasteiger partial charge in [0.2, 0.25) is 0 Å². The van der Waals surface area contributed by atoms with Crippen molar-refractivity contribution in [3.05, 3.63) is 35.5 Å². The summed E-state index contributed by atoms with van der Waals surface area (Å²) in [6.45, 7) is 5.05. The topological polar surface area (TPSA) is 98.8 Å². The maximum Gasteiger partial charge on any atom is 0.287 e. The molecule has 0 aliphatic carbocycles. The first kappa shape index (κ1) is 16.5. The summed E-state index contributed by atoms with van der Waals surface area (Å²) in [7, 11) is 0. The molecule has 3 heterocycles. The first-order valence-electron chi connectivity index (χ1n) is 7.88. The molecule has 24 heavy (non-hydrogen) atoms. The van der Waals surface area contributed by atoms with Gasteiger partial charge in [-0.05, 0) is 19.9 Å². The quantitative estimate of drug-likeness (QED) is 0.813. The van der Waals surface area contributed by atoms with Crippen molar-refractivity contribution in [1.29, 1.82) is 0 Å². The number of nitrogens with zero attached hydrogens (tertiary/aromatic N) is 2. The third-order valence-electron chi connectivity index (χ3n) is 3.98. The molecule has 0 aromatic carbocycles. The van der Waals surface area contributed by atoms with Gasteiger partial charge in [-0.3, -0.25) is 9.48 Å². The molecule has 0 spiro atoms. The molecule has 0 saturated carbocycles. The van der Waals surface area contributed by atoms with E-state index < -0.39 is 0 Å². The second kappa shape index (κ2) is 7.06. The molecule has 0 bridgehead atoms. The first-order chi connectivity index (χ1) is 11.6. The molecular formula is C16H21N3O5. The Morgan fingerprint density at radius 2 is 2.38 bits per heavy atom. The molecule has 1 fully saturated rings. The number of ether oxygens (including phenoxy) is 2. The molecule has 2 aromatic heterocycles. The normalized spacial score (nSPS) is 20.3. The molecule has 0 unspecified atom stereocenters. The number of nitrogens with one attached hydrogen (secondary N) is 1. The second-order valence-corrected chi connectivity index (χ2v) is 5.66. The van der Waals surface area contributed by atoms with Crippen molar-refractivity contribution in [2.75, 3.05) is 13.2 Å². The minimum atomic E-state index is -0.355. The Morgan fingerprint density at radius 1 is 1.54 bits per heavy atom. The van der Waals surface area contributed by atoms with E-state index in [1.807, 2.05) is 6.92 Å². The number of amides is 1. The predicted molar refractivity (Wildman–Crippen MR) is 83.8 cm³/mol. The zero-order chi connectivity index (χ0) is 17.1. The van der Waals surface area contributed by atoms with Crippen LogP contribution in [0.2, 0.25) is 0 Å². The number of aliphatic hydroxyl groups excluding tert-OH is 1. The van der Waals surface area contributed by atoms with Gasteiger partial charge in [-0.25, -0.2) is 0 Å². The Balaban J connectivity index is 1.63. The van der Waals surface area contributed by atoms with Crippen molar-refractivity contribution < 1.29 is 23.8 Å². The lowest BCUT2D eigenvalue weighted by Gasteiger charge is -2.19. The van der Waals surface area contributed by atoms with Gasteiger partial charge in [0.15, 0.2) is 11.5 Å². The molecule has 8 heteroatoms. The molecule has 1 saturated heterocycles. The summed E-state index contributed by atoms with van der Waals surface area (Å²) in [6.07, 6.45) is 3.15. The second-order valence-electron chi connectivity index (χ2n) is 5.66. The van der Waals surface area contributed by atoms with E-state index in [1.165, 1.54) is 0 Å². The van der Waals surface area contributed by atoms with E-state index in [9.17, 15) is 9.90 Å². The lowest BCUT2D eigenvalue weighted by Crippen LogP contribution is -2.45. The van der Waals surface area contributed by atoms with Crippen molar-refractivity contribution >= 4 is 5.91 Å². The number of carbonyl (C=O) groups excluding carboxylic acids is 1. The minimum Gasteiger partial charge on any atom is -0.482 e. The van der Waals surface area contributed by atoms with E-state index in [0.717, 1.165) is 6.54 Å². The summed E-state index contributed by atoms with van der Waals surface area (Å²) in [6, 6.07) is 1.26. The first-order valence-corrected chi connectivity index (χ1v) is 7.88. The fraction of sp³-hybridized carbons (Fsp3) is 0.500. The fourth-order valence-electron chi connectivity index (χ4n) is 2.57. The summed E-state index contributed by atoms with van der Waals surface area (Å²) >= 11 is 0. The molecule has 2 atom stereocenters. The number of rotatable bonds is 6. The smallest absolute Gasteiger partial charge is 0.287 e. The molecule has 8 nitrogen and oxygen atoms in total. The Kier molecular flexibility index (Phi) is 4.86. The van der Waals surface area contributed by atoms with E-state index in [4.69, 9.17) is 13.9 Å². The average Bonchev–Trinajstić information content (AvgIpc) is 3.28. The van der Waals surface area contributed by atoms with Crippen molar-refractivity contribution in [3.8, 4) is 5.75 Å². The van der Waals surface area contributed by atoms with Crippen LogP contribution < -0.4 is 10.1 Å². The Hall–Kier alpha value is -2.32. The van der Waals surface area contributed by atoms with Crippen LogP contribution in [0.5, 0.6) is 5.75 Å². The lowest BCUT2D eigenvalue weighted by atomic mass is 10.2. The van der Waals surface area contributed by atoms with Crippen LogP contribution >= 0.6 is 0 Å². The van der Waals surface area contributed by atoms with Gasteiger partial charge in [0.25, 0.3) is 5.91 Å². The zero-order valence-corrected chi connectivity index (χ0v) is 13.7. The van der Waals surface area contributed by atoms with Crippen LogP contribution in [0.3, 0.4) is 0 Å². The van der Waals surface area contributed by atoms with Gasteiger partial charge in [0, 0.05) is 12.1 Å². The summed E-state index contributed by atoms with van der Waals surface area (Å²) in [5, 5.41) is 16.2. The number of carbonyl (C=O) groups is 1. The summed E-state index contributed by atoms with van der Waals surface area (Å²) < 4.78 is 18.4. The third kappa shape index (κ3) is 3.44. The maximum atomic E-state index is 12.3. The molecule has 2 aromatic rings. The van der Waals surface area contributed by atoms with Gasteiger partial charge in [-0.2, -0.15) is 5.10 Å². The maximum absolute atomic E-state index is 12.3. The van der Waals surface area contributed by atoms with Crippen LogP contribution in [0, 0.1) is 6.92 Å². The average molecular weight is 335 g/mol. The standard InChI is InChI=1S/C16H21N3O5/c1-3-19-6-12(5-17-19)24-15-9-22-8-13(15)18-16(21)14-4-11(7-20)10(2)23-14/h4-6,13,15,20H,3,7-9H2,1-2H3,(H,18,21)/t13-,15+/m0/s1. The van der Waals surface area contributed by atoms with Crippen LogP contribution in [0.4, 0.5) is 0 Å². The van der Waals surface area contributed by atoms with Crippen molar-refractivity contribution in [2.45, 2.75) is 39.1 Å². The van der Waals surface area contributed by atoms with Gasteiger partial charge < -0.3 is 24.3 Å². The van der Waals surface area contributed by atoms with Gasteiger partial charge in [-0.15, -0.1) is 0 Å². The van der Waals surface area contributed by atoms with Crippen molar-refractivity contribution in [3.63, 3.8) is 0 Å². The van der Waals surface area contributed by atoms with Gasteiger partial charge in [0.05, 0.1) is 38.3 Å². The largest absolute Gasteiger partial charge is 0.482 e. The molecule has 1 aliphatic heterocycles. The molecule has 130 valence electrons. The predicted octanol–water partition coefficient (Wildman–Crippen LogP) is 0.873. The van der Waals surface area contributed by atoms with Gasteiger partial charge >= 0.3 is 0 Å². The zero-order valence-electron chi connectivity index (χ0n) is 13.7. The Labute approximate surface area is 139 Å². The summed E-state index contributed by atoms with van der Waals surface area (Å²) in [5.74, 6) is 0.986. The van der Waals surface area contributed by atoms with Gasteiger partial charge in [-0.1, -0.05) is 0 Å². The summed E-state index contributed by atoms with van der Waals surface area (Å²) in [4.78, 5) is 12.3.